The molecule has 1 fully saturated rings. The highest BCUT2D eigenvalue weighted by atomic mass is 32.1. The number of aryl methyl sites for hydroxylation is 2. The van der Waals surface area contributed by atoms with E-state index in [0.29, 0.717) is 19.0 Å². The SMILES string of the molecule is Cc1c(C(c2cc(CN3Cc4nc(O)ccc4O[C@H](C4CC4)C3)c3sccc3c2)C(C)(C)C(=O)O)ccc2c1nnn2C. The molecule has 0 spiro atoms. The molecule has 1 aliphatic carbocycles. The first kappa shape index (κ1) is 27.8. The van der Waals surface area contributed by atoms with Crippen LogP contribution in [0, 0.1) is 18.3 Å². The van der Waals surface area contributed by atoms with Gasteiger partial charge in [0.15, 0.2) is 0 Å². The second-order valence-corrected chi connectivity index (χ2v) is 13.5. The van der Waals surface area contributed by atoms with Gasteiger partial charge in [0.1, 0.15) is 23.1 Å². The third-order valence-electron chi connectivity index (χ3n) is 9.20. The Balaban J connectivity index is 1.33. The van der Waals surface area contributed by atoms with E-state index >= 15 is 0 Å². The highest BCUT2D eigenvalue weighted by Gasteiger charge is 2.41. The number of aromatic nitrogens is 4. The summed E-state index contributed by atoms with van der Waals surface area (Å²) in [4.78, 5) is 19.6. The van der Waals surface area contributed by atoms with Crippen molar-refractivity contribution >= 4 is 38.4 Å². The Labute approximate surface area is 253 Å². The summed E-state index contributed by atoms with van der Waals surface area (Å²) in [5, 5.41) is 32.4. The standard InChI is InChI=1S/C33H35N5O4S/c1-18-23(7-8-25-30(18)35-36-37(25)4)29(33(2,3)32(40)41)21-13-20-11-12-43-31(20)22(14-21)15-38-16-24-26(9-10-28(39)34-24)42-27(17-38)19-5-6-19/h7-14,19,27,29H,5-6,15-17H2,1-4H3,(H,34,39)(H,40,41)/t27-,29?/m0/s1. The summed E-state index contributed by atoms with van der Waals surface area (Å²) >= 11 is 1.70. The minimum absolute atomic E-state index is 0.0102. The van der Waals surface area contributed by atoms with Crippen molar-refractivity contribution in [2.45, 2.75) is 58.7 Å². The minimum Gasteiger partial charge on any atom is -0.493 e. The Kier molecular flexibility index (Phi) is 6.66. The fourth-order valence-electron chi connectivity index (χ4n) is 6.64. The number of aliphatic carboxylic acids is 1. The number of fused-ring (bicyclic) bond motifs is 3. The van der Waals surface area contributed by atoms with Crippen LogP contribution in [0.2, 0.25) is 0 Å². The highest BCUT2D eigenvalue weighted by Crippen LogP contribution is 2.46. The molecule has 0 radical (unpaired) electrons. The zero-order valence-corrected chi connectivity index (χ0v) is 25.6. The van der Waals surface area contributed by atoms with Gasteiger partial charge in [0, 0.05) is 43.4 Å². The Morgan fingerprint density at radius 1 is 1.19 bits per heavy atom. The molecule has 1 aliphatic heterocycles. The van der Waals surface area contributed by atoms with Crippen LogP contribution in [-0.2, 0) is 24.9 Å². The van der Waals surface area contributed by atoms with E-state index in [9.17, 15) is 15.0 Å². The van der Waals surface area contributed by atoms with Crippen molar-refractivity contribution in [1.29, 1.82) is 0 Å². The zero-order chi connectivity index (χ0) is 30.0. The van der Waals surface area contributed by atoms with Crippen molar-refractivity contribution in [2.24, 2.45) is 18.4 Å². The van der Waals surface area contributed by atoms with Gasteiger partial charge in [0.05, 0.1) is 10.9 Å². The molecule has 2 atom stereocenters. The van der Waals surface area contributed by atoms with Crippen molar-refractivity contribution < 1.29 is 19.7 Å². The molecule has 2 N–H and O–H groups in total. The number of rotatable bonds is 7. The van der Waals surface area contributed by atoms with Gasteiger partial charge in [0.25, 0.3) is 0 Å². The number of pyridine rings is 1. The van der Waals surface area contributed by atoms with E-state index in [4.69, 9.17) is 4.74 Å². The Morgan fingerprint density at radius 2 is 2.00 bits per heavy atom. The van der Waals surface area contributed by atoms with E-state index in [1.165, 1.54) is 4.70 Å². The van der Waals surface area contributed by atoms with Crippen molar-refractivity contribution in [3.05, 3.63) is 75.8 Å². The number of hydrogen-bond acceptors (Lipinski definition) is 8. The van der Waals surface area contributed by atoms with Crippen LogP contribution in [0.15, 0.2) is 47.8 Å². The van der Waals surface area contributed by atoms with Crippen molar-refractivity contribution in [1.82, 2.24) is 24.9 Å². The van der Waals surface area contributed by atoms with E-state index in [1.54, 1.807) is 35.9 Å². The Hall–Kier alpha value is -4.02. The first-order chi connectivity index (χ1) is 20.6. The van der Waals surface area contributed by atoms with Gasteiger partial charge in [-0.1, -0.05) is 17.3 Å². The number of aromatic hydroxyl groups is 1. The molecule has 5 aromatic rings. The fraction of sp³-hybridized carbons (Fsp3) is 0.394. The molecule has 0 saturated heterocycles. The van der Waals surface area contributed by atoms with Crippen LogP contribution < -0.4 is 4.74 Å². The number of benzene rings is 2. The molecule has 1 saturated carbocycles. The molecule has 10 heteroatoms. The summed E-state index contributed by atoms with van der Waals surface area (Å²) < 4.78 is 9.36. The molecule has 4 heterocycles. The number of ether oxygens (including phenoxy) is 1. The normalized spacial score (nSPS) is 18.4. The van der Waals surface area contributed by atoms with Gasteiger partial charge < -0.3 is 14.9 Å². The lowest BCUT2D eigenvalue weighted by atomic mass is 9.69. The van der Waals surface area contributed by atoms with E-state index in [-0.39, 0.29) is 12.0 Å². The van der Waals surface area contributed by atoms with Crippen LogP contribution in [0.1, 0.15) is 60.6 Å². The molecule has 2 aromatic carbocycles. The fourth-order valence-corrected chi connectivity index (χ4v) is 7.53. The minimum atomic E-state index is -1.10. The van der Waals surface area contributed by atoms with Gasteiger partial charge in [0.2, 0.25) is 5.88 Å². The molecule has 2 aliphatic rings. The number of carbonyl (C=O) groups is 1. The summed E-state index contributed by atoms with van der Waals surface area (Å²) in [7, 11) is 1.86. The second-order valence-electron chi connectivity index (χ2n) is 12.6. The van der Waals surface area contributed by atoms with Crippen molar-refractivity contribution in [3.63, 3.8) is 0 Å². The zero-order valence-electron chi connectivity index (χ0n) is 24.7. The molecule has 0 bridgehead atoms. The van der Waals surface area contributed by atoms with Gasteiger partial charge in [-0.3, -0.25) is 9.69 Å². The monoisotopic (exact) mass is 597 g/mol. The van der Waals surface area contributed by atoms with E-state index in [2.05, 4.69) is 43.8 Å². The number of hydrogen-bond donors (Lipinski definition) is 2. The topological polar surface area (TPSA) is 114 Å². The Bertz CT molecular complexity index is 1870. The summed E-state index contributed by atoms with van der Waals surface area (Å²) in [6.45, 7) is 7.58. The van der Waals surface area contributed by atoms with E-state index < -0.39 is 17.3 Å². The second kappa shape index (κ2) is 10.3. The van der Waals surface area contributed by atoms with Gasteiger partial charge >= 0.3 is 5.97 Å². The highest BCUT2D eigenvalue weighted by molar-refractivity contribution is 7.17. The summed E-state index contributed by atoms with van der Waals surface area (Å²) in [6, 6.07) is 13.9. The third-order valence-corrected chi connectivity index (χ3v) is 10.2. The number of carboxylic acid groups (broad SMARTS) is 1. The molecular weight excluding hydrogens is 562 g/mol. The van der Waals surface area contributed by atoms with Crippen LogP contribution in [0.5, 0.6) is 11.6 Å². The molecule has 222 valence electrons. The predicted molar refractivity (Wildman–Crippen MR) is 165 cm³/mol. The van der Waals surface area contributed by atoms with Gasteiger partial charge in [-0.25, -0.2) is 9.67 Å². The number of carboxylic acids is 1. The maximum Gasteiger partial charge on any atom is 0.310 e. The molecular formula is C33H35N5O4S. The third kappa shape index (κ3) is 4.92. The van der Waals surface area contributed by atoms with Gasteiger partial charge in [-0.05, 0) is 96.8 Å². The van der Waals surface area contributed by atoms with Crippen LogP contribution in [0.3, 0.4) is 0 Å². The van der Waals surface area contributed by atoms with Crippen LogP contribution >= 0.6 is 11.3 Å². The number of nitrogens with zero attached hydrogens (tertiary/aromatic N) is 5. The lowest BCUT2D eigenvalue weighted by Crippen LogP contribution is -2.34. The molecule has 9 nitrogen and oxygen atoms in total. The Morgan fingerprint density at radius 3 is 2.77 bits per heavy atom. The van der Waals surface area contributed by atoms with Crippen LogP contribution in [0.4, 0.5) is 0 Å². The average molecular weight is 598 g/mol. The molecule has 1 unspecified atom stereocenters. The first-order valence-electron chi connectivity index (χ1n) is 14.7. The van der Waals surface area contributed by atoms with Gasteiger partial charge in [-0.2, -0.15) is 0 Å². The molecule has 0 amide bonds. The quantitative estimate of drug-likeness (QED) is 0.235. The maximum atomic E-state index is 12.8. The van der Waals surface area contributed by atoms with E-state index in [1.807, 2.05) is 32.2 Å². The molecule has 3 aromatic heterocycles. The van der Waals surface area contributed by atoms with Crippen LogP contribution in [-0.4, -0.2) is 53.7 Å². The summed E-state index contributed by atoms with van der Waals surface area (Å²) in [6.07, 6.45) is 2.38. The lowest BCUT2D eigenvalue weighted by Gasteiger charge is -2.33. The summed E-state index contributed by atoms with van der Waals surface area (Å²) in [5.74, 6) is -0.0301. The predicted octanol–water partition coefficient (Wildman–Crippen LogP) is 6.01. The van der Waals surface area contributed by atoms with Crippen molar-refractivity contribution in [2.75, 3.05) is 6.54 Å². The number of thiophene rings is 1. The molecule has 7 rings (SSSR count). The first-order valence-corrected chi connectivity index (χ1v) is 15.6. The average Bonchev–Trinajstić information content (AvgIpc) is 3.62. The smallest absolute Gasteiger partial charge is 0.310 e. The largest absolute Gasteiger partial charge is 0.493 e. The van der Waals surface area contributed by atoms with Crippen molar-refractivity contribution in [3.8, 4) is 11.6 Å². The van der Waals surface area contributed by atoms with Gasteiger partial charge in [-0.15, -0.1) is 16.4 Å². The maximum absolute atomic E-state index is 12.8. The summed E-state index contributed by atoms with van der Waals surface area (Å²) in [5.41, 5.74) is 5.31. The lowest BCUT2D eigenvalue weighted by molar-refractivity contribution is -0.147. The van der Waals surface area contributed by atoms with Crippen LogP contribution in [0.25, 0.3) is 21.1 Å². The molecule has 43 heavy (non-hydrogen) atoms. The van der Waals surface area contributed by atoms with E-state index in [0.717, 1.165) is 69.5 Å².